The SMILES string of the molecule is C.C.C.C.C.C.C.C.O.O.OC1CO[C@@H]2C(O)COC12.OCC(O)[C@@H](O)[C@H](O)[C@@H](O)CO.OCC1O[C@H](CO)[C@H](O)C1O.OC[C@@H](O)[C@H]1OC[C@H](O)[C@H]1O.OC[C@H]1OC[C@H](O)[C@@H](O)[C@@H]1O. The van der Waals surface area contributed by atoms with E-state index in [0.717, 1.165) is 0 Å². The molecule has 5 aliphatic heterocycles. The van der Waals surface area contributed by atoms with Crippen molar-refractivity contribution in [2.45, 2.75) is 181 Å². The van der Waals surface area contributed by atoms with Gasteiger partial charge in [0.2, 0.25) is 0 Å². The van der Waals surface area contributed by atoms with Gasteiger partial charge in [0, 0.05) is 0 Å². The second-order valence-electron chi connectivity index (χ2n) is 13.0. The van der Waals surface area contributed by atoms with E-state index in [1.165, 1.54) is 0 Å². The lowest BCUT2D eigenvalue weighted by atomic mass is 10.0. The molecular formula is C38H96O27. The van der Waals surface area contributed by atoms with Crippen LogP contribution < -0.4 is 0 Å². The highest BCUT2D eigenvalue weighted by Gasteiger charge is 2.46. The van der Waals surface area contributed by atoms with Crippen LogP contribution in [-0.2, 0) is 23.7 Å². The number of hydrogen-bond donors (Lipinski definition) is 20. The van der Waals surface area contributed by atoms with Gasteiger partial charge in [-0.3, -0.25) is 0 Å². The first-order valence-electron chi connectivity index (χ1n) is 17.2. The van der Waals surface area contributed by atoms with Gasteiger partial charge in [0.05, 0.1) is 66.1 Å². The Kier molecular flexibility index (Phi) is 59.1. The number of fused-ring (bicyclic) bond motifs is 1. The summed E-state index contributed by atoms with van der Waals surface area (Å²) in [5.41, 5.74) is 0. The second-order valence-corrected chi connectivity index (χ2v) is 13.0. The molecule has 65 heavy (non-hydrogen) atoms. The van der Waals surface area contributed by atoms with Gasteiger partial charge in [-0.15, -0.1) is 0 Å². The monoisotopic (exact) mass is 985 g/mol. The van der Waals surface area contributed by atoms with E-state index >= 15 is 0 Å². The minimum Gasteiger partial charge on any atom is -0.412 e. The fourth-order valence-corrected chi connectivity index (χ4v) is 5.35. The molecule has 410 valence electrons. The van der Waals surface area contributed by atoms with Crippen LogP contribution in [0.4, 0.5) is 0 Å². The fourth-order valence-electron chi connectivity index (χ4n) is 5.35. The lowest BCUT2D eigenvalue weighted by Gasteiger charge is -2.34. The van der Waals surface area contributed by atoms with Gasteiger partial charge in [-0.05, 0) is 0 Å². The summed E-state index contributed by atoms with van der Waals surface area (Å²) in [6.07, 6.45) is -20.2. The van der Waals surface area contributed by atoms with Crippen molar-refractivity contribution in [3.63, 3.8) is 0 Å². The standard InChI is InChI=1S/C6H14O6.3C6H12O5.C6H10O4.8CH4.2H2O/c7-1-3(9)5(11)6(12)4(10)2-8;7-1-4-6(10)5(9)3(8)2-11-4;7-1-3(8)6-5(10)4(9)2-11-6;7-1-3-5(9)6(10)4(2-8)11-3;7-3-1-9-6-4(8)2-10-5(3)6;;;;;;;;;;/h3-12H,1-2H2;3*3-10H,1-2H2;3-8H,1-2H2;8*1H4;2*1H2/t3-,4?,5+,6+;3-,4+,5+,6+;3-,4+,5-,6-;3-,4?,5+,6?;3?,4?,5-,6?;;;;;;;;;;/m00111........../s1. The molecule has 0 aliphatic carbocycles. The average Bonchev–Trinajstić information content (AvgIpc) is 3.94. The van der Waals surface area contributed by atoms with E-state index in [4.69, 9.17) is 126 Å². The molecule has 5 rings (SSSR count). The minimum atomic E-state index is -1.67. The van der Waals surface area contributed by atoms with E-state index in [1.54, 1.807) is 0 Å². The number of ether oxygens (including phenoxy) is 5. The number of aliphatic hydroxyl groups excluding tert-OH is 20. The number of aliphatic hydroxyl groups is 20. The zero-order valence-electron chi connectivity index (χ0n) is 30.6. The third kappa shape index (κ3) is 25.9. The van der Waals surface area contributed by atoms with Crippen LogP contribution in [0, 0.1) is 0 Å². The molecule has 0 radical (unpaired) electrons. The molecule has 0 amide bonds. The molecular weight excluding hydrogens is 888 g/mol. The van der Waals surface area contributed by atoms with Crippen LogP contribution in [0.15, 0.2) is 0 Å². The first-order chi connectivity index (χ1) is 25.9. The summed E-state index contributed by atoms with van der Waals surface area (Å²) >= 11 is 0. The van der Waals surface area contributed by atoms with E-state index < -0.39 is 130 Å². The lowest BCUT2D eigenvalue weighted by Crippen LogP contribution is -2.53. The normalized spacial score (nSPS) is 34.4. The molecule has 0 spiro atoms. The van der Waals surface area contributed by atoms with Crippen LogP contribution in [-0.4, -0.2) is 301 Å². The Morgan fingerprint density at radius 2 is 0.677 bits per heavy atom. The summed E-state index contributed by atoms with van der Waals surface area (Å²) in [5.74, 6) is 0. The maximum atomic E-state index is 9.16. The van der Waals surface area contributed by atoms with E-state index in [-0.39, 0.29) is 129 Å². The molecule has 0 aromatic heterocycles. The van der Waals surface area contributed by atoms with Gasteiger partial charge in [-0.1, -0.05) is 59.4 Å². The highest BCUT2D eigenvalue weighted by Crippen LogP contribution is 2.26. The predicted octanol–water partition coefficient (Wildman–Crippen LogP) is -9.26. The number of rotatable bonds is 10. The van der Waals surface area contributed by atoms with Gasteiger partial charge >= 0.3 is 0 Å². The Balaban J connectivity index is -0.0000000700. The van der Waals surface area contributed by atoms with Crippen LogP contribution in [0.2, 0.25) is 0 Å². The Morgan fingerprint density at radius 1 is 0.369 bits per heavy atom. The molecule has 24 N–H and O–H groups in total. The summed E-state index contributed by atoms with van der Waals surface area (Å²) in [4.78, 5) is 0. The van der Waals surface area contributed by atoms with Crippen LogP contribution in [0.5, 0.6) is 0 Å². The van der Waals surface area contributed by atoms with Crippen molar-refractivity contribution < 1.29 is 137 Å². The summed E-state index contributed by atoms with van der Waals surface area (Å²) in [6.45, 7) is -2.47. The Morgan fingerprint density at radius 3 is 0.954 bits per heavy atom. The fraction of sp³-hybridized carbons (Fsp3) is 1.00. The zero-order chi connectivity index (χ0) is 42.2. The van der Waals surface area contributed by atoms with Crippen molar-refractivity contribution in [1.82, 2.24) is 0 Å². The van der Waals surface area contributed by atoms with Crippen LogP contribution in [0.1, 0.15) is 59.4 Å². The third-order valence-electron chi connectivity index (χ3n) is 8.88. The van der Waals surface area contributed by atoms with Crippen LogP contribution in [0.25, 0.3) is 0 Å². The molecule has 6 unspecified atom stereocenters. The van der Waals surface area contributed by atoms with Gasteiger partial charge in [-0.25, -0.2) is 0 Å². The topological polar surface area (TPSA) is 514 Å². The van der Waals surface area contributed by atoms with Crippen LogP contribution in [0.3, 0.4) is 0 Å². The quantitative estimate of drug-likeness (QED) is 0.0966. The molecule has 27 heteroatoms. The lowest BCUT2D eigenvalue weighted by molar-refractivity contribution is -0.195. The molecule has 5 fully saturated rings. The zero-order valence-corrected chi connectivity index (χ0v) is 30.6. The molecule has 27 nitrogen and oxygen atoms in total. The Labute approximate surface area is 384 Å². The predicted molar refractivity (Wildman–Crippen MR) is 235 cm³/mol. The van der Waals surface area contributed by atoms with E-state index in [0.29, 0.717) is 0 Å². The number of hydrogen-bond acceptors (Lipinski definition) is 25. The second kappa shape index (κ2) is 44.1. The van der Waals surface area contributed by atoms with Gasteiger partial charge < -0.3 is 137 Å². The van der Waals surface area contributed by atoms with Crippen molar-refractivity contribution in [1.29, 1.82) is 0 Å². The molecule has 20 atom stereocenters. The van der Waals surface area contributed by atoms with Crippen molar-refractivity contribution in [2.75, 3.05) is 66.1 Å². The van der Waals surface area contributed by atoms with Crippen molar-refractivity contribution in [3.8, 4) is 0 Å². The first-order valence-corrected chi connectivity index (χ1v) is 17.2. The Hall–Kier alpha value is -1.08. The van der Waals surface area contributed by atoms with Gasteiger partial charge in [0.15, 0.2) is 0 Å². The molecule has 5 saturated heterocycles. The average molecular weight is 985 g/mol. The summed E-state index contributed by atoms with van der Waals surface area (Å²) in [5, 5.41) is 177. The summed E-state index contributed by atoms with van der Waals surface area (Å²) in [6, 6.07) is 0. The van der Waals surface area contributed by atoms with Crippen molar-refractivity contribution in [3.05, 3.63) is 0 Å². The Bertz CT molecular complexity index is 945. The maximum absolute atomic E-state index is 9.16. The highest BCUT2D eigenvalue weighted by atomic mass is 16.6. The van der Waals surface area contributed by atoms with Gasteiger partial charge in [0.1, 0.15) is 122 Å². The third-order valence-corrected chi connectivity index (χ3v) is 8.88. The highest BCUT2D eigenvalue weighted by molar-refractivity contribution is 4.94. The maximum Gasteiger partial charge on any atom is 0.114 e. The first kappa shape index (κ1) is 87.0. The van der Waals surface area contributed by atoms with Crippen LogP contribution >= 0.6 is 0 Å². The molecule has 0 aromatic carbocycles. The van der Waals surface area contributed by atoms with Gasteiger partial charge in [-0.2, -0.15) is 0 Å². The van der Waals surface area contributed by atoms with Gasteiger partial charge in [0.25, 0.3) is 0 Å². The van der Waals surface area contributed by atoms with E-state index in [9.17, 15) is 0 Å². The largest absolute Gasteiger partial charge is 0.412 e. The van der Waals surface area contributed by atoms with E-state index in [2.05, 4.69) is 0 Å². The molecule has 0 bridgehead atoms. The summed E-state index contributed by atoms with van der Waals surface area (Å²) in [7, 11) is 0. The molecule has 0 aromatic rings. The van der Waals surface area contributed by atoms with Crippen molar-refractivity contribution in [2.24, 2.45) is 0 Å². The smallest absolute Gasteiger partial charge is 0.114 e. The van der Waals surface area contributed by atoms with E-state index in [1.807, 2.05) is 0 Å². The van der Waals surface area contributed by atoms with Crippen molar-refractivity contribution >= 4 is 0 Å². The molecule has 0 saturated carbocycles. The molecule has 5 heterocycles. The molecule has 5 aliphatic rings. The minimum absolute atomic E-state index is 0. The summed E-state index contributed by atoms with van der Waals surface area (Å²) < 4.78 is 24.7.